The minimum Gasteiger partial charge on any atom is -0.490 e. The zero-order valence-corrected chi connectivity index (χ0v) is 17.8. The van der Waals surface area contributed by atoms with E-state index in [4.69, 9.17) is 21.1 Å². The standard InChI is InChI=1S/C21H25ClN2O3S/c1-4-12-27-19-11-6-16(13-20(19)26-5-2)14-23-24-21(25)15(3)28-18-9-7-17(22)8-10-18/h6-11,13-15H,4-5,12H2,1-3H3,(H,24,25)/b23-14-/t15-/m1/s1. The number of hydrogen-bond donors (Lipinski definition) is 1. The van der Waals surface area contributed by atoms with Crippen LogP contribution in [0.5, 0.6) is 11.5 Å². The topological polar surface area (TPSA) is 59.9 Å². The summed E-state index contributed by atoms with van der Waals surface area (Å²) in [5.74, 6) is 1.19. The number of carbonyl (C=O) groups excluding carboxylic acids is 1. The number of thioether (sulfide) groups is 1. The molecule has 0 spiro atoms. The monoisotopic (exact) mass is 420 g/mol. The average Bonchev–Trinajstić information content (AvgIpc) is 2.69. The zero-order chi connectivity index (χ0) is 20.4. The van der Waals surface area contributed by atoms with Gasteiger partial charge >= 0.3 is 0 Å². The smallest absolute Gasteiger partial charge is 0.253 e. The van der Waals surface area contributed by atoms with Crippen LogP contribution in [0.15, 0.2) is 52.5 Å². The molecule has 2 aromatic rings. The number of hydrazone groups is 1. The summed E-state index contributed by atoms with van der Waals surface area (Å²) in [6, 6.07) is 12.9. The minimum absolute atomic E-state index is 0.177. The second-order valence-corrected chi connectivity index (χ2v) is 7.79. The Hall–Kier alpha value is -2.18. The Labute approximate surface area is 175 Å². The summed E-state index contributed by atoms with van der Waals surface area (Å²) in [7, 11) is 0. The van der Waals surface area contributed by atoms with Crippen LogP contribution in [0.1, 0.15) is 32.8 Å². The first-order valence-corrected chi connectivity index (χ1v) is 10.4. The highest BCUT2D eigenvalue weighted by Crippen LogP contribution is 2.28. The number of amides is 1. The molecule has 150 valence electrons. The van der Waals surface area contributed by atoms with Crippen LogP contribution in [0.2, 0.25) is 5.02 Å². The molecule has 0 aromatic heterocycles. The Morgan fingerprint density at radius 3 is 2.61 bits per heavy atom. The fraction of sp³-hybridized carbons (Fsp3) is 0.333. The molecule has 7 heteroatoms. The lowest BCUT2D eigenvalue weighted by atomic mass is 10.2. The molecular weight excluding hydrogens is 396 g/mol. The molecule has 1 amide bonds. The average molecular weight is 421 g/mol. The van der Waals surface area contributed by atoms with Gasteiger partial charge in [-0.25, -0.2) is 5.43 Å². The van der Waals surface area contributed by atoms with E-state index in [9.17, 15) is 4.79 Å². The molecule has 0 saturated heterocycles. The first kappa shape index (κ1) is 22.1. The third-order valence-electron chi connectivity index (χ3n) is 3.61. The van der Waals surface area contributed by atoms with Gasteiger partial charge in [-0.2, -0.15) is 5.10 Å². The number of carbonyl (C=O) groups is 1. The van der Waals surface area contributed by atoms with E-state index in [-0.39, 0.29) is 11.2 Å². The fourth-order valence-electron chi connectivity index (χ4n) is 2.24. The van der Waals surface area contributed by atoms with Crippen LogP contribution < -0.4 is 14.9 Å². The Kier molecular flexibility index (Phi) is 9.17. The number of benzene rings is 2. The largest absolute Gasteiger partial charge is 0.490 e. The molecule has 2 rings (SSSR count). The van der Waals surface area contributed by atoms with E-state index in [1.54, 1.807) is 18.3 Å². The highest BCUT2D eigenvalue weighted by molar-refractivity contribution is 8.00. The zero-order valence-electron chi connectivity index (χ0n) is 16.3. The molecule has 0 fully saturated rings. The van der Waals surface area contributed by atoms with Crippen LogP contribution in [-0.4, -0.2) is 30.6 Å². The second kappa shape index (κ2) is 11.6. The van der Waals surface area contributed by atoms with Crippen molar-refractivity contribution in [2.45, 2.75) is 37.3 Å². The van der Waals surface area contributed by atoms with Crippen LogP contribution in [0.4, 0.5) is 0 Å². The van der Waals surface area contributed by atoms with Crippen molar-refractivity contribution in [2.24, 2.45) is 5.10 Å². The predicted octanol–water partition coefficient (Wildman–Crippen LogP) is 5.16. The van der Waals surface area contributed by atoms with E-state index in [1.165, 1.54) is 11.8 Å². The lowest BCUT2D eigenvalue weighted by Gasteiger charge is -2.12. The predicted molar refractivity (Wildman–Crippen MR) is 116 cm³/mol. The van der Waals surface area contributed by atoms with Gasteiger partial charge in [0, 0.05) is 9.92 Å². The van der Waals surface area contributed by atoms with E-state index in [0.29, 0.717) is 29.7 Å². The third-order valence-corrected chi connectivity index (χ3v) is 4.98. The normalized spacial score (nSPS) is 12.0. The summed E-state index contributed by atoms with van der Waals surface area (Å²) in [5, 5.41) is 4.44. The van der Waals surface area contributed by atoms with Crippen molar-refractivity contribution in [3.63, 3.8) is 0 Å². The van der Waals surface area contributed by atoms with Crippen LogP contribution in [0.25, 0.3) is 0 Å². The van der Waals surface area contributed by atoms with Crippen molar-refractivity contribution in [3.8, 4) is 11.5 Å². The van der Waals surface area contributed by atoms with E-state index < -0.39 is 0 Å². The third kappa shape index (κ3) is 7.09. The summed E-state index contributed by atoms with van der Waals surface area (Å²) in [6.45, 7) is 6.98. The van der Waals surface area contributed by atoms with Gasteiger partial charge in [0.1, 0.15) is 0 Å². The quantitative estimate of drug-likeness (QED) is 0.327. The van der Waals surface area contributed by atoms with Crippen LogP contribution in [0, 0.1) is 0 Å². The fourth-order valence-corrected chi connectivity index (χ4v) is 3.22. The summed E-state index contributed by atoms with van der Waals surface area (Å²) in [4.78, 5) is 13.2. The van der Waals surface area contributed by atoms with Gasteiger partial charge in [0.2, 0.25) is 0 Å². The van der Waals surface area contributed by atoms with Gasteiger partial charge in [-0.15, -0.1) is 11.8 Å². The van der Waals surface area contributed by atoms with Crippen molar-refractivity contribution in [3.05, 3.63) is 53.1 Å². The number of rotatable bonds is 10. The van der Waals surface area contributed by atoms with Gasteiger partial charge in [-0.1, -0.05) is 18.5 Å². The van der Waals surface area contributed by atoms with Crippen molar-refractivity contribution in [1.82, 2.24) is 5.43 Å². The van der Waals surface area contributed by atoms with E-state index in [1.807, 2.05) is 44.2 Å². The van der Waals surface area contributed by atoms with Crippen molar-refractivity contribution in [1.29, 1.82) is 0 Å². The van der Waals surface area contributed by atoms with E-state index >= 15 is 0 Å². The van der Waals surface area contributed by atoms with E-state index in [2.05, 4.69) is 17.5 Å². The van der Waals surface area contributed by atoms with Crippen LogP contribution >= 0.6 is 23.4 Å². The summed E-state index contributed by atoms with van der Waals surface area (Å²) in [5.41, 5.74) is 3.39. The Morgan fingerprint density at radius 2 is 1.93 bits per heavy atom. The molecule has 1 N–H and O–H groups in total. The van der Waals surface area contributed by atoms with Gasteiger partial charge in [0.05, 0.1) is 24.7 Å². The first-order valence-electron chi connectivity index (χ1n) is 9.18. The SMILES string of the molecule is CCCOc1ccc(/C=N\NC(=O)[C@@H](C)Sc2ccc(Cl)cc2)cc1OCC. The number of hydrogen-bond acceptors (Lipinski definition) is 5. The van der Waals surface area contributed by atoms with Gasteiger partial charge in [-0.3, -0.25) is 4.79 Å². The van der Waals surface area contributed by atoms with Crippen molar-refractivity contribution >= 4 is 35.5 Å². The number of ether oxygens (including phenoxy) is 2. The molecule has 0 aliphatic rings. The number of halogens is 1. The molecule has 0 aliphatic carbocycles. The van der Waals surface area contributed by atoms with Gasteiger partial charge in [0.25, 0.3) is 5.91 Å². The molecule has 5 nitrogen and oxygen atoms in total. The molecular formula is C21H25ClN2O3S. The Bertz CT molecular complexity index is 797. The second-order valence-electron chi connectivity index (χ2n) is 5.94. The lowest BCUT2D eigenvalue weighted by Crippen LogP contribution is -2.26. The van der Waals surface area contributed by atoms with Crippen molar-refractivity contribution in [2.75, 3.05) is 13.2 Å². The molecule has 28 heavy (non-hydrogen) atoms. The molecule has 0 heterocycles. The maximum atomic E-state index is 12.2. The Balaban J connectivity index is 1.94. The van der Waals surface area contributed by atoms with Gasteiger partial charge in [0.15, 0.2) is 11.5 Å². The maximum Gasteiger partial charge on any atom is 0.253 e. The summed E-state index contributed by atoms with van der Waals surface area (Å²) >= 11 is 7.32. The van der Waals surface area contributed by atoms with Crippen LogP contribution in [0.3, 0.4) is 0 Å². The molecule has 0 radical (unpaired) electrons. The Morgan fingerprint density at radius 1 is 1.18 bits per heavy atom. The minimum atomic E-state index is -0.290. The van der Waals surface area contributed by atoms with Gasteiger partial charge < -0.3 is 9.47 Å². The summed E-state index contributed by atoms with van der Waals surface area (Å²) < 4.78 is 11.3. The molecule has 0 saturated carbocycles. The number of nitrogens with one attached hydrogen (secondary N) is 1. The summed E-state index contributed by atoms with van der Waals surface area (Å²) in [6.07, 6.45) is 2.51. The molecule has 0 unspecified atom stereocenters. The number of nitrogens with zero attached hydrogens (tertiary/aromatic N) is 1. The highest BCUT2D eigenvalue weighted by atomic mass is 35.5. The van der Waals surface area contributed by atoms with Gasteiger partial charge in [-0.05, 0) is 68.3 Å². The highest BCUT2D eigenvalue weighted by Gasteiger charge is 2.13. The van der Waals surface area contributed by atoms with E-state index in [0.717, 1.165) is 16.9 Å². The molecule has 0 bridgehead atoms. The first-order chi connectivity index (χ1) is 13.5. The van der Waals surface area contributed by atoms with Crippen LogP contribution in [-0.2, 0) is 4.79 Å². The molecule has 0 aliphatic heterocycles. The molecule has 2 aromatic carbocycles. The maximum absolute atomic E-state index is 12.2. The lowest BCUT2D eigenvalue weighted by molar-refractivity contribution is -0.120. The molecule has 1 atom stereocenters. The van der Waals surface area contributed by atoms with Crippen molar-refractivity contribution < 1.29 is 14.3 Å².